The molecule has 0 aliphatic heterocycles. The van der Waals surface area contributed by atoms with Crippen LogP contribution < -0.4 is 0 Å². The Kier molecular flexibility index (Phi) is 5.34. The van der Waals surface area contributed by atoms with Crippen LogP contribution in [0.15, 0.2) is 79.0 Å². The summed E-state index contributed by atoms with van der Waals surface area (Å²) in [6.07, 6.45) is 3.77. The second kappa shape index (κ2) is 8.24. The Balaban J connectivity index is 1.78. The fourth-order valence-corrected chi connectivity index (χ4v) is 3.56. The number of allylic oxidation sites excluding steroid dienone is 1. The molecule has 0 aliphatic carbocycles. The summed E-state index contributed by atoms with van der Waals surface area (Å²) < 4.78 is 2.12. The lowest BCUT2D eigenvalue weighted by molar-refractivity contribution is -0.384. The molecule has 1 heterocycles. The van der Waals surface area contributed by atoms with E-state index in [9.17, 15) is 15.4 Å². The van der Waals surface area contributed by atoms with Crippen molar-refractivity contribution in [2.45, 2.75) is 6.54 Å². The van der Waals surface area contributed by atoms with Crippen LogP contribution in [0.1, 0.15) is 16.7 Å². The fourth-order valence-electron chi connectivity index (χ4n) is 3.43. The molecule has 0 spiro atoms. The number of nitriles is 1. The molecule has 6 heteroatoms. The number of nitro benzene ring substituents is 1. The van der Waals surface area contributed by atoms with Crippen LogP contribution in [0.3, 0.4) is 0 Å². The number of fused-ring (bicyclic) bond motifs is 1. The third kappa shape index (κ3) is 3.95. The number of halogens is 1. The normalized spacial score (nSPS) is 11.4. The SMILES string of the molecule is N#CC(=Cc1cn(Cc2ccc(Cl)cc2)c2ccccc12)c1cccc([N+](=O)[O-])c1. The van der Waals surface area contributed by atoms with Gasteiger partial charge in [0.15, 0.2) is 0 Å². The lowest BCUT2D eigenvalue weighted by Crippen LogP contribution is -1.97. The first-order valence-electron chi connectivity index (χ1n) is 9.24. The van der Waals surface area contributed by atoms with E-state index < -0.39 is 4.92 Å². The van der Waals surface area contributed by atoms with E-state index in [2.05, 4.69) is 10.6 Å². The van der Waals surface area contributed by atoms with Crippen molar-refractivity contribution in [2.24, 2.45) is 0 Å². The zero-order chi connectivity index (χ0) is 21.1. The second-order valence-corrected chi connectivity index (χ2v) is 7.27. The number of non-ortho nitro benzene ring substituents is 1. The molecule has 4 aromatic rings. The number of nitrogens with zero attached hydrogens (tertiary/aromatic N) is 3. The first-order chi connectivity index (χ1) is 14.5. The van der Waals surface area contributed by atoms with Crippen LogP contribution in [0, 0.1) is 21.4 Å². The zero-order valence-corrected chi connectivity index (χ0v) is 16.6. The summed E-state index contributed by atoms with van der Waals surface area (Å²) in [6, 6.07) is 23.9. The number of hydrogen-bond donors (Lipinski definition) is 0. The van der Waals surface area contributed by atoms with E-state index in [0.717, 1.165) is 22.0 Å². The highest BCUT2D eigenvalue weighted by Gasteiger charge is 2.12. The Morgan fingerprint density at radius 3 is 2.60 bits per heavy atom. The predicted molar refractivity (Wildman–Crippen MR) is 119 cm³/mol. The Bertz CT molecular complexity index is 1310. The van der Waals surface area contributed by atoms with Gasteiger partial charge in [-0.3, -0.25) is 10.1 Å². The highest BCUT2D eigenvalue weighted by atomic mass is 35.5. The number of hydrogen-bond acceptors (Lipinski definition) is 3. The molecule has 4 rings (SSSR count). The average molecular weight is 414 g/mol. The standard InChI is InChI=1S/C24H16ClN3O2/c25-21-10-8-17(9-11-21)15-27-16-20(23-6-1-2-7-24(23)27)12-19(14-26)18-4-3-5-22(13-18)28(29)30/h1-13,16H,15H2. The van der Waals surface area contributed by atoms with Crippen LogP contribution in [-0.4, -0.2) is 9.49 Å². The van der Waals surface area contributed by atoms with Crippen LogP contribution in [0.25, 0.3) is 22.6 Å². The van der Waals surface area contributed by atoms with Crippen molar-refractivity contribution in [2.75, 3.05) is 0 Å². The number of rotatable bonds is 5. The summed E-state index contributed by atoms with van der Waals surface area (Å²) in [5, 5.41) is 22.5. The van der Waals surface area contributed by atoms with Gasteiger partial charge < -0.3 is 4.57 Å². The molecule has 0 saturated heterocycles. The molecule has 0 unspecified atom stereocenters. The maximum absolute atomic E-state index is 11.1. The topological polar surface area (TPSA) is 71.9 Å². The van der Waals surface area contributed by atoms with Crippen molar-refractivity contribution in [1.29, 1.82) is 5.26 Å². The molecule has 0 N–H and O–H groups in total. The summed E-state index contributed by atoms with van der Waals surface area (Å²) in [5.41, 5.74) is 3.86. The summed E-state index contributed by atoms with van der Waals surface area (Å²) in [4.78, 5) is 10.6. The summed E-state index contributed by atoms with van der Waals surface area (Å²) in [7, 11) is 0. The highest BCUT2D eigenvalue weighted by Crippen LogP contribution is 2.28. The van der Waals surface area contributed by atoms with E-state index >= 15 is 0 Å². The molecule has 0 atom stereocenters. The minimum Gasteiger partial charge on any atom is -0.342 e. The molecule has 0 radical (unpaired) electrons. The van der Waals surface area contributed by atoms with Gasteiger partial charge in [-0.25, -0.2) is 0 Å². The van der Waals surface area contributed by atoms with Gasteiger partial charge in [-0.05, 0) is 35.4 Å². The Morgan fingerprint density at radius 2 is 1.87 bits per heavy atom. The second-order valence-electron chi connectivity index (χ2n) is 6.83. The van der Waals surface area contributed by atoms with Gasteiger partial charge in [0.1, 0.15) is 0 Å². The molecule has 0 saturated carbocycles. The lowest BCUT2D eigenvalue weighted by Gasteiger charge is -2.05. The van der Waals surface area contributed by atoms with Crippen LogP contribution >= 0.6 is 11.6 Å². The number of para-hydroxylation sites is 1. The van der Waals surface area contributed by atoms with Crippen molar-refractivity contribution in [3.05, 3.63) is 111 Å². The van der Waals surface area contributed by atoms with Crippen LogP contribution in [0.4, 0.5) is 5.69 Å². The van der Waals surface area contributed by atoms with Crippen LogP contribution in [-0.2, 0) is 6.54 Å². The molecule has 0 bridgehead atoms. The molecule has 3 aromatic carbocycles. The van der Waals surface area contributed by atoms with Gasteiger partial charge in [0.2, 0.25) is 0 Å². The average Bonchev–Trinajstić information content (AvgIpc) is 3.11. The predicted octanol–water partition coefficient (Wildman–Crippen LogP) is 6.32. The molecule has 30 heavy (non-hydrogen) atoms. The van der Waals surface area contributed by atoms with Crippen LogP contribution in [0.5, 0.6) is 0 Å². The number of aromatic nitrogens is 1. The molecule has 0 amide bonds. The van der Waals surface area contributed by atoms with E-state index in [4.69, 9.17) is 11.6 Å². The van der Waals surface area contributed by atoms with Crippen LogP contribution in [0.2, 0.25) is 5.02 Å². The monoisotopic (exact) mass is 413 g/mol. The summed E-state index contributed by atoms with van der Waals surface area (Å²) >= 11 is 5.99. The van der Waals surface area contributed by atoms with Gasteiger partial charge in [0.05, 0.1) is 16.6 Å². The summed E-state index contributed by atoms with van der Waals surface area (Å²) in [6.45, 7) is 0.657. The Hall–Kier alpha value is -3.88. The molecular weight excluding hydrogens is 398 g/mol. The maximum atomic E-state index is 11.1. The largest absolute Gasteiger partial charge is 0.342 e. The van der Waals surface area contributed by atoms with Gasteiger partial charge in [-0.1, -0.05) is 54.1 Å². The quantitative estimate of drug-likeness (QED) is 0.218. The third-order valence-electron chi connectivity index (χ3n) is 4.87. The summed E-state index contributed by atoms with van der Waals surface area (Å²) in [5.74, 6) is 0. The molecule has 146 valence electrons. The van der Waals surface area contributed by atoms with Gasteiger partial charge in [-0.15, -0.1) is 0 Å². The van der Waals surface area contributed by atoms with E-state index in [1.807, 2.05) is 54.7 Å². The fraction of sp³-hybridized carbons (Fsp3) is 0.0417. The van der Waals surface area contributed by atoms with Crippen molar-refractivity contribution in [3.8, 4) is 6.07 Å². The molecule has 0 aliphatic rings. The Morgan fingerprint density at radius 1 is 1.10 bits per heavy atom. The van der Waals surface area contributed by atoms with Gasteiger partial charge in [0.25, 0.3) is 5.69 Å². The lowest BCUT2D eigenvalue weighted by atomic mass is 10.0. The van der Waals surface area contributed by atoms with Gasteiger partial charge >= 0.3 is 0 Å². The number of nitro groups is 1. The Labute approximate surface area is 178 Å². The van der Waals surface area contributed by atoms with E-state index in [1.54, 1.807) is 18.2 Å². The van der Waals surface area contributed by atoms with E-state index in [0.29, 0.717) is 22.7 Å². The third-order valence-corrected chi connectivity index (χ3v) is 5.13. The first kappa shape index (κ1) is 19.4. The maximum Gasteiger partial charge on any atom is 0.270 e. The minimum absolute atomic E-state index is 0.0428. The molecular formula is C24H16ClN3O2. The van der Waals surface area contributed by atoms with Crippen molar-refractivity contribution in [1.82, 2.24) is 4.57 Å². The van der Waals surface area contributed by atoms with Crippen molar-refractivity contribution >= 4 is 39.8 Å². The smallest absolute Gasteiger partial charge is 0.270 e. The first-order valence-corrected chi connectivity index (χ1v) is 9.62. The van der Waals surface area contributed by atoms with E-state index in [1.165, 1.54) is 12.1 Å². The molecule has 1 aromatic heterocycles. The highest BCUT2D eigenvalue weighted by molar-refractivity contribution is 6.30. The zero-order valence-electron chi connectivity index (χ0n) is 15.8. The van der Waals surface area contributed by atoms with Crippen molar-refractivity contribution in [3.63, 3.8) is 0 Å². The minimum atomic E-state index is -0.462. The van der Waals surface area contributed by atoms with Gasteiger partial charge in [-0.2, -0.15) is 5.26 Å². The van der Waals surface area contributed by atoms with E-state index in [-0.39, 0.29) is 5.69 Å². The number of benzene rings is 3. The molecule has 0 fully saturated rings. The molecule has 5 nitrogen and oxygen atoms in total. The van der Waals surface area contributed by atoms with Gasteiger partial charge in [0, 0.05) is 46.4 Å². The van der Waals surface area contributed by atoms with Crippen molar-refractivity contribution < 1.29 is 4.92 Å².